The third kappa shape index (κ3) is 3.83. The van der Waals surface area contributed by atoms with Crippen LogP contribution in [0.15, 0.2) is 47.5 Å². The molecule has 0 saturated carbocycles. The summed E-state index contributed by atoms with van der Waals surface area (Å²) >= 11 is 6.04. The van der Waals surface area contributed by atoms with Crippen molar-refractivity contribution < 1.29 is 14.3 Å². The molecule has 136 valence electrons. The Morgan fingerprint density at radius 1 is 1.19 bits per heavy atom. The first kappa shape index (κ1) is 18.3. The van der Waals surface area contributed by atoms with Gasteiger partial charge in [0.25, 0.3) is 0 Å². The fraction of sp³-hybridized carbons (Fsp3) is 0.300. The molecule has 0 fully saturated rings. The summed E-state index contributed by atoms with van der Waals surface area (Å²) in [5.74, 6) is 0.456. The van der Waals surface area contributed by atoms with E-state index < -0.39 is 0 Å². The van der Waals surface area contributed by atoms with E-state index in [1.807, 2.05) is 49.4 Å². The Labute approximate surface area is 158 Å². The smallest absolute Gasteiger partial charge is 0.307 e. The first-order valence-electron chi connectivity index (χ1n) is 8.37. The summed E-state index contributed by atoms with van der Waals surface area (Å²) in [5, 5.41) is 4.12. The molecule has 26 heavy (non-hydrogen) atoms. The predicted molar refractivity (Wildman–Crippen MR) is 104 cm³/mol. The summed E-state index contributed by atoms with van der Waals surface area (Å²) in [6.45, 7) is 2.01. The average Bonchev–Trinajstić information content (AvgIpc) is 2.78. The molecule has 2 aromatic carbocycles. The maximum absolute atomic E-state index is 11.8. The van der Waals surface area contributed by atoms with Crippen LogP contribution in [0, 0.1) is 0 Å². The van der Waals surface area contributed by atoms with Crippen LogP contribution in [-0.4, -0.2) is 38.0 Å². The number of hydrogen-bond donors (Lipinski definition) is 1. The number of carbonyl (C=O) groups is 1. The molecular weight excluding hydrogens is 352 g/mol. The molecule has 0 radical (unpaired) electrons. The van der Waals surface area contributed by atoms with E-state index in [9.17, 15) is 4.79 Å². The number of methoxy groups -OCH3 is 2. The first-order valence-corrected chi connectivity index (χ1v) is 8.75. The number of nitrogens with one attached hydrogen (secondary N) is 1. The van der Waals surface area contributed by atoms with Crippen LogP contribution in [0.25, 0.3) is 0 Å². The fourth-order valence-electron chi connectivity index (χ4n) is 2.98. The highest BCUT2D eigenvalue weighted by Crippen LogP contribution is 2.30. The lowest BCUT2D eigenvalue weighted by Crippen LogP contribution is -2.31. The SMILES string of the molecule is COC(=O)C[C@@H]1N=C(c2ccc(Cl)cc2)c2cc(OC)ccc2NC1C. The number of halogens is 1. The van der Waals surface area contributed by atoms with Gasteiger partial charge in [0.2, 0.25) is 0 Å². The Kier molecular flexibility index (Phi) is 5.47. The molecule has 0 amide bonds. The lowest BCUT2D eigenvalue weighted by atomic mass is 10.00. The number of hydrogen-bond acceptors (Lipinski definition) is 5. The van der Waals surface area contributed by atoms with Crippen LogP contribution in [0.5, 0.6) is 5.75 Å². The van der Waals surface area contributed by atoms with Crippen molar-refractivity contribution in [3.63, 3.8) is 0 Å². The Morgan fingerprint density at radius 2 is 1.92 bits per heavy atom. The number of benzodiazepines with no additional fused rings is 1. The minimum atomic E-state index is -0.286. The van der Waals surface area contributed by atoms with Crippen molar-refractivity contribution in [2.24, 2.45) is 4.99 Å². The summed E-state index contributed by atoms with van der Waals surface area (Å²) in [6, 6.07) is 13.0. The number of rotatable bonds is 4. The summed E-state index contributed by atoms with van der Waals surface area (Å²) in [4.78, 5) is 16.8. The molecule has 1 unspecified atom stereocenters. The molecule has 1 heterocycles. The number of aliphatic imine (C=N–C) groups is 1. The van der Waals surface area contributed by atoms with Gasteiger partial charge in [0, 0.05) is 27.9 Å². The molecule has 1 aliphatic heterocycles. The van der Waals surface area contributed by atoms with E-state index in [0.29, 0.717) is 5.02 Å². The number of nitrogens with zero attached hydrogens (tertiary/aromatic N) is 1. The largest absolute Gasteiger partial charge is 0.497 e. The topological polar surface area (TPSA) is 59.9 Å². The molecule has 1 N–H and O–H groups in total. The Balaban J connectivity index is 2.13. The van der Waals surface area contributed by atoms with Crippen LogP contribution in [0.4, 0.5) is 5.69 Å². The molecule has 6 heteroatoms. The van der Waals surface area contributed by atoms with Gasteiger partial charge in [-0.2, -0.15) is 0 Å². The lowest BCUT2D eigenvalue weighted by molar-refractivity contribution is -0.141. The zero-order chi connectivity index (χ0) is 18.7. The van der Waals surface area contributed by atoms with Gasteiger partial charge in [-0.25, -0.2) is 0 Å². The molecule has 0 aromatic heterocycles. The maximum Gasteiger partial charge on any atom is 0.307 e. The van der Waals surface area contributed by atoms with Crippen molar-refractivity contribution in [1.29, 1.82) is 0 Å². The van der Waals surface area contributed by atoms with Gasteiger partial charge in [-0.1, -0.05) is 23.7 Å². The second-order valence-corrected chi connectivity index (χ2v) is 6.61. The summed E-state index contributed by atoms with van der Waals surface area (Å²) in [7, 11) is 3.02. The van der Waals surface area contributed by atoms with Gasteiger partial charge in [0.1, 0.15) is 5.75 Å². The molecular formula is C20H21ClN2O3. The summed E-state index contributed by atoms with van der Waals surface area (Å²) in [6.07, 6.45) is 0.201. The molecule has 0 bridgehead atoms. The predicted octanol–water partition coefficient (Wildman–Crippen LogP) is 3.93. The van der Waals surface area contributed by atoms with Crippen molar-refractivity contribution in [3.05, 3.63) is 58.6 Å². The van der Waals surface area contributed by atoms with Crippen LogP contribution in [0.3, 0.4) is 0 Å². The van der Waals surface area contributed by atoms with Gasteiger partial charge < -0.3 is 14.8 Å². The third-order valence-corrected chi connectivity index (χ3v) is 4.71. The first-order chi connectivity index (χ1) is 12.5. The second-order valence-electron chi connectivity index (χ2n) is 6.18. The van der Waals surface area contributed by atoms with Crippen molar-refractivity contribution >= 4 is 29.0 Å². The Bertz CT molecular complexity index is 833. The molecule has 2 aromatic rings. The Hall–Kier alpha value is -2.53. The van der Waals surface area contributed by atoms with Crippen molar-refractivity contribution in [2.75, 3.05) is 19.5 Å². The minimum absolute atomic E-state index is 0.0361. The quantitative estimate of drug-likeness (QED) is 0.826. The van der Waals surface area contributed by atoms with Gasteiger partial charge in [-0.3, -0.25) is 9.79 Å². The highest BCUT2D eigenvalue weighted by atomic mass is 35.5. The molecule has 0 aliphatic carbocycles. The standard InChI is InChI=1S/C20H21ClN2O3/c1-12-18(11-19(24)26-3)23-20(13-4-6-14(21)7-5-13)16-10-15(25-2)8-9-17(16)22-12/h4-10,12,18,22H,11H2,1-3H3/t12?,18-/m0/s1. The molecule has 0 saturated heterocycles. The van der Waals surface area contributed by atoms with Crippen LogP contribution in [0.1, 0.15) is 24.5 Å². The van der Waals surface area contributed by atoms with Crippen LogP contribution >= 0.6 is 11.6 Å². The maximum atomic E-state index is 11.8. The van der Waals surface area contributed by atoms with E-state index in [-0.39, 0.29) is 24.5 Å². The summed E-state index contributed by atoms with van der Waals surface area (Å²) < 4.78 is 10.2. The van der Waals surface area contributed by atoms with Gasteiger partial charge >= 0.3 is 5.97 Å². The average molecular weight is 373 g/mol. The number of benzene rings is 2. The fourth-order valence-corrected chi connectivity index (χ4v) is 3.10. The molecule has 5 nitrogen and oxygen atoms in total. The third-order valence-electron chi connectivity index (χ3n) is 4.46. The zero-order valence-electron chi connectivity index (χ0n) is 15.0. The number of ether oxygens (including phenoxy) is 2. The van der Waals surface area contributed by atoms with Crippen LogP contribution in [-0.2, 0) is 9.53 Å². The highest BCUT2D eigenvalue weighted by molar-refractivity contribution is 6.30. The number of fused-ring (bicyclic) bond motifs is 1. The van der Waals surface area contributed by atoms with Crippen molar-refractivity contribution in [3.8, 4) is 5.75 Å². The van der Waals surface area contributed by atoms with Gasteiger partial charge in [0.05, 0.1) is 32.4 Å². The Morgan fingerprint density at radius 3 is 2.58 bits per heavy atom. The van der Waals surface area contributed by atoms with Crippen molar-refractivity contribution in [2.45, 2.75) is 25.4 Å². The van der Waals surface area contributed by atoms with Gasteiger partial charge in [0.15, 0.2) is 0 Å². The molecule has 3 rings (SSSR count). The van der Waals surface area contributed by atoms with Crippen LogP contribution < -0.4 is 10.1 Å². The van der Waals surface area contributed by atoms with Crippen LogP contribution in [0.2, 0.25) is 5.02 Å². The monoisotopic (exact) mass is 372 g/mol. The van der Waals surface area contributed by atoms with E-state index in [4.69, 9.17) is 26.1 Å². The molecule has 0 spiro atoms. The molecule has 2 atom stereocenters. The van der Waals surface area contributed by atoms with Gasteiger partial charge in [-0.15, -0.1) is 0 Å². The van der Waals surface area contributed by atoms with E-state index in [0.717, 1.165) is 28.3 Å². The van der Waals surface area contributed by atoms with Gasteiger partial charge in [-0.05, 0) is 37.3 Å². The highest BCUT2D eigenvalue weighted by Gasteiger charge is 2.27. The number of anilines is 1. The van der Waals surface area contributed by atoms with E-state index >= 15 is 0 Å². The lowest BCUT2D eigenvalue weighted by Gasteiger charge is -2.20. The molecule has 1 aliphatic rings. The summed E-state index contributed by atoms with van der Waals surface area (Å²) in [5.41, 5.74) is 3.58. The zero-order valence-corrected chi connectivity index (χ0v) is 15.7. The second kappa shape index (κ2) is 7.79. The minimum Gasteiger partial charge on any atom is -0.497 e. The number of carbonyl (C=O) groups excluding carboxylic acids is 1. The van der Waals surface area contributed by atoms with Crippen molar-refractivity contribution in [1.82, 2.24) is 0 Å². The van der Waals surface area contributed by atoms with E-state index in [2.05, 4.69) is 5.32 Å². The number of esters is 1. The van der Waals surface area contributed by atoms with E-state index in [1.54, 1.807) is 7.11 Å². The van der Waals surface area contributed by atoms with E-state index in [1.165, 1.54) is 7.11 Å². The normalized spacial score (nSPS) is 18.8.